The van der Waals surface area contributed by atoms with E-state index in [0.717, 1.165) is 11.4 Å². The van der Waals surface area contributed by atoms with Gasteiger partial charge in [0, 0.05) is 13.0 Å². The first-order valence-electron chi connectivity index (χ1n) is 8.10. The second-order valence-corrected chi connectivity index (χ2v) is 5.82. The van der Waals surface area contributed by atoms with Crippen molar-refractivity contribution in [2.75, 3.05) is 7.11 Å². The van der Waals surface area contributed by atoms with Crippen LogP contribution in [-0.2, 0) is 40.4 Å². The summed E-state index contributed by atoms with van der Waals surface area (Å²) < 4.78 is 11.8. The Balaban J connectivity index is 1.53. The van der Waals surface area contributed by atoms with E-state index in [0.29, 0.717) is 25.2 Å². The molecule has 1 aliphatic rings. The van der Waals surface area contributed by atoms with Crippen molar-refractivity contribution in [1.29, 1.82) is 0 Å². The maximum atomic E-state index is 11.8. The average molecular weight is 344 g/mol. The van der Waals surface area contributed by atoms with Gasteiger partial charge < -0.3 is 19.4 Å². The second kappa shape index (κ2) is 7.78. The quantitative estimate of drug-likeness (QED) is 0.825. The number of methoxy groups -OCH3 is 1. The molecule has 1 atom stereocenters. The van der Waals surface area contributed by atoms with Crippen LogP contribution < -0.4 is 5.32 Å². The Kier molecular flexibility index (Phi) is 5.27. The van der Waals surface area contributed by atoms with Gasteiger partial charge in [0.1, 0.15) is 12.4 Å². The minimum atomic E-state index is -0.526. The van der Waals surface area contributed by atoms with Gasteiger partial charge in [-0.2, -0.15) is 0 Å². The molecule has 1 unspecified atom stereocenters. The molecule has 1 aromatic carbocycles. The molecule has 2 aromatic rings. The van der Waals surface area contributed by atoms with Crippen LogP contribution in [0.4, 0.5) is 4.79 Å². The topological polar surface area (TPSA) is 95.3 Å². The van der Waals surface area contributed by atoms with Gasteiger partial charge in [-0.05, 0) is 12.0 Å². The molecule has 1 amide bonds. The number of fused-ring (bicyclic) bond motifs is 1. The number of aromatic nitrogens is 3. The first-order chi connectivity index (χ1) is 12.2. The van der Waals surface area contributed by atoms with E-state index in [4.69, 9.17) is 9.47 Å². The zero-order valence-electron chi connectivity index (χ0n) is 14.0. The summed E-state index contributed by atoms with van der Waals surface area (Å²) in [7, 11) is 1.38. The van der Waals surface area contributed by atoms with Gasteiger partial charge in [0.2, 0.25) is 0 Å². The first-order valence-corrected chi connectivity index (χ1v) is 8.10. The number of nitrogens with zero attached hydrogens (tertiary/aromatic N) is 3. The molecule has 0 aliphatic carbocycles. The predicted molar refractivity (Wildman–Crippen MR) is 87.3 cm³/mol. The lowest BCUT2D eigenvalue weighted by Gasteiger charge is -2.22. The van der Waals surface area contributed by atoms with Crippen molar-refractivity contribution < 1.29 is 19.1 Å². The molecule has 1 N–H and O–H groups in total. The summed E-state index contributed by atoms with van der Waals surface area (Å²) in [6, 6.07) is 9.44. The van der Waals surface area contributed by atoms with E-state index in [9.17, 15) is 9.59 Å². The Labute approximate surface area is 145 Å². The van der Waals surface area contributed by atoms with Crippen molar-refractivity contribution in [2.24, 2.45) is 5.92 Å². The summed E-state index contributed by atoms with van der Waals surface area (Å²) in [5, 5.41) is 10.9. The SMILES string of the molecule is COC(=O)C1CCc2nnc(CNC(=O)OCc3ccccc3)n2C1. The summed E-state index contributed by atoms with van der Waals surface area (Å²) in [5.74, 6) is 0.965. The lowest BCUT2D eigenvalue weighted by molar-refractivity contribution is -0.146. The van der Waals surface area contributed by atoms with Crippen LogP contribution in [0.25, 0.3) is 0 Å². The second-order valence-electron chi connectivity index (χ2n) is 5.82. The number of nitrogens with one attached hydrogen (secondary N) is 1. The molecule has 1 aromatic heterocycles. The highest BCUT2D eigenvalue weighted by molar-refractivity contribution is 5.72. The predicted octanol–water partition coefficient (Wildman–Crippen LogP) is 1.44. The molecule has 2 heterocycles. The number of amides is 1. The summed E-state index contributed by atoms with van der Waals surface area (Å²) in [6.45, 7) is 0.856. The molecule has 8 heteroatoms. The molecular weight excluding hydrogens is 324 g/mol. The van der Waals surface area contributed by atoms with Crippen LogP contribution in [0, 0.1) is 5.92 Å². The van der Waals surface area contributed by atoms with Gasteiger partial charge in [-0.3, -0.25) is 4.79 Å². The number of carbonyl (C=O) groups is 2. The Bertz CT molecular complexity index is 744. The van der Waals surface area contributed by atoms with E-state index in [2.05, 4.69) is 15.5 Å². The van der Waals surface area contributed by atoms with Gasteiger partial charge in [0.05, 0.1) is 19.6 Å². The molecule has 132 valence electrons. The van der Waals surface area contributed by atoms with E-state index in [1.165, 1.54) is 7.11 Å². The standard InChI is InChI=1S/C17H20N4O4/c1-24-16(22)13-7-8-14-19-20-15(21(14)10-13)9-18-17(23)25-11-12-5-3-2-4-6-12/h2-6,13H,7-11H2,1H3,(H,18,23). The molecular formula is C17H20N4O4. The van der Waals surface area contributed by atoms with Crippen molar-refractivity contribution in [3.8, 4) is 0 Å². The average Bonchev–Trinajstić information content (AvgIpc) is 3.07. The van der Waals surface area contributed by atoms with Gasteiger partial charge in [-0.1, -0.05) is 30.3 Å². The zero-order chi connectivity index (χ0) is 17.6. The molecule has 25 heavy (non-hydrogen) atoms. The third-order valence-electron chi connectivity index (χ3n) is 4.16. The minimum Gasteiger partial charge on any atom is -0.469 e. The minimum absolute atomic E-state index is 0.189. The highest BCUT2D eigenvalue weighted by atomic mass is 16.5. The number of benzene rings is 1. The first kappa shape index (κ1) is 16.9. The van der Waals surface area contributed by atoms with Gasteiger partial charge in [0.15, 0.2) is 5.82 Å². The maximum Gasteiger partial charge on any atom is 0.407 e. The van der Waals surface area contributed by atoms with E-state index < -0.39 is 6.09 Å². The third kappa shape index (κ3) is 4.14. The van der Waals surface area contributed by atoms with E-state index in [1.807, 2.05) is 34.9 Å². The Morgan fingerprint density at radius 3 is 2.84 bits per heavy atom. The van der Waals surface area contributed by atoms with Crippen molar-refractivity contribution in [3.05, 3.63) is 47.5 Å². The maximum absolute atomic E-state index is 11.8. The van der Waals surface area contributed by atoms with Crippen LogP contribution in [0.15, 0.2) is 30.3 Å². The molecule has 1 aliphatic heterocycles. The monoisotopic (exact) mass is 344 g/mol. The number of alkyl carbamates (subject to hydrolysis) is 1. The fourth-order valence-electron chi connectivity index (χ4n) is 2.80. The number of aryl methyl sites for hydroxylation is 1. The number of hydrogen-bond acceptors (Lipinski definition) is 6. The van der Waals surface area contributed by atoms with Crippen molar-refractivity contribution in [1.82, 2.24) is 20.1 Å². The highest BCUT2D eigenvalue weighted by Gasteiger charge is 2.28. The van der Waals surface area contributed by atoms with Crippen LogP contribution in [0.1, 0.15) is 23.6 Å². The largest absolute Gasteiger partial charge is 0.469 e. The fraction of sp³-hybridized carbons (Fsp3) is 0.412. The Hall–Kier alpha value is -2.90. The Morgan fingerprint density at radius 1 is 1.28 bits per heavy atom. The molecule has 0 saturated carbocycles. The molecule has 0 fully saturated rings. The summed E-state index contributed by atoms with van der Waals surface area (Å²) in [5.41, 5.74) is 0.915. The number of hydrogen-bond donors (Lipinski definition) is 1. The van der Waals surface area contributed by atoms with Gasteiger partial charge in [-0.25, -0.2) is 4.79 Å². The number of ether oxygens (including phenoxy) is 2. The summed E-state index contributed by atoms with van der Waals surface area (Å²) in [4.78, 5) is 23.6. The van der Waals surface area contributed by atoms with Crippen molar-refractivity contribution >= 4 is 12.1 Å². The smallest absolute Gasteiger partial charge is 0.407 e. The molecule has 0 saturated heterocycles. The highest BCUT2D eigenvalue weighted by Crippen LogP contribution is 2.21. The lowest BCUT2D eigenvalue weighted by atomic mass is 9.99. The van der Waals surface area contributed by atoms with Gasteiger partial charge in [-0.15, -0.1) is 10.2 Å². The van der Waals surface area contributed by atoms with Crippen LogP contribution >= 0.6 is 0 Å². The van der Waals surface area contributed by atoms with E-state index in [-0.39, 0.29) is 25.0 Å². The van der Waals surface area contributed by atoms with Crippen LogP contribution in [0.5, 0.6) is 0 Å². The zero-order valence-corrected chi connectivity index (χ0v) is 14.0. The van der Waals surface area contributed by atoms with Gasteiger partial charge in [0.25, 0.3) is 0 Å². The molecule has 8 nitrogen and oxygen atoms in total. The van der Waals surface area contributed by atoms with Crippen LogP contribution in [0.3, 0.4) is 0 Å². The lowest BCUT2D eigenvalue weighted by Crippen LogP contribution is -2.31. The van der Waals surface area contributed by atoms with Crippen molar-refractivity contribution in [2.45, 2.75) is 32.5 Å². The normalized spacial score (nSPS) is 16.0. The van der Waals surface area contributed by atoms with Crippen LogP contribution in [-0.4, -0.2) is 33.9 Å². The van der Waals surface area contributed by atoms with Gasteiger partial charge >= 0.3 is 12.1 Å². The molecule has 0 bridgehead atoms. The third-order valence-corrected chi connectivity index (χ3v) is 4.16. The van der Waals surface area contributed by atoms with Crippen molar-refractivity contribution in [3.63, 3.8) is 0 Å². The number of carbonyl (C=O) groups excluding carboxylic acids is 2. The summed E-state index contributed by atoms with van der Waals surface area (Å²) in [6.07, 6.45) is 0.823. The number of rotatable bonds is 5. The Morgan fingerprint density at radius 2 is 2.08 bits per heavy atom. The fourth-order valence-corrected chi connectivity index (χ4v) is 2.80. The number of esters is 1. The summed E-state index contributed by atoms with van der Waals surface area (Å²) >= 11 is 0. The molecule has 0 radical (unpaired) electrons. The molecule has 3 rings (SSSR count). The molecule has 0 spiro atoms. The van der Waals surface area contributed by atoms with E-state index >= 15 is 0 Å². The van der Waals surface area contributed by atoms with E-state index in [1.54, 1.807) is 0 Å². The van der Waals surface area contributed by atoms with Crippen LogP contribution in [0.2, 0.25) is 0 Å².